The highest BCUT2D eigenvalue weighted by atomic mass is 33.1. The van der Waals surface area contributed by atoms with Crippen LogP contribution in [0.1, 0.15) is 12.8 Å². The lowest BCUT2D eigenvalue weighted by molar-refractivity contribution is -0.384. The summed E-state index contributed by atoms with van der Waals surface area (Å²) in [5.74, 6) is 0. The molecule has 0 aliphatic carbocycles. The number of hydrogen-bond donors (Lipinski definition) is 0. The van der Waals surface area contributed by atoms with Crippen LogP contribution in [0.3, 0.4) is 0 Å². The van der Waals surface area contributed by atoms with E-state index < -0.39 is 13.8 Å². The molecule has 0 spiro atoms. The molecule has 9 heteroatoms. The first-order valence-electron chi connectivity index (χ1n) is 5.88. The maximum Gasteiger partial charge on any atom is 0.269 e. The third-order valence-corrected chi connectivity index (χ3v) is 6.89. The topological polar surface area (TPSA) is 80.5 Å². The molecule has 1 heterocycles. The van der Waals surface area contributed by atoms with Crippen molar-refractivity contribution in [2.75, 3.05) is 13.1 Å². The SMILES string of the molecule is O=[N+]([O-])c1ccc(S(=O)(=O)SC(=S)N2CCCC2)cc1. The first-order valence-corrected chi connectivity index (χ1v) is 9.10. The zero-order valence-corrected chi connectivity index (χ0v) is 12.8. The number of benzene rings is 1. The molecule has 108 valence electrons. The Morgan fingerprint density at radius 1 is 1.25 bits per heavy atom. The van der Waals surface area contributed by atoms with Crippen LogP contribution >= 0.6 is 23.0 Å². The average molecular weight is 332 g/mol. The molecule has 0 saturated carbocycles. The number of thiocarbonyl (C=S) groups is 1. The number of rotatable bonds is 3. The minimum absolute atomic E-state index is 0.0228. The van der Waals surface area contributed by atoms with Gasteiger partial charge in [-0.3, -0.25) is 10.1 Å². The van der Waals surface area contributed by atoms with Crippen LogP contribution in [0.4, 0.5) is 5.69 Å². The Balaban J connectivity index is 2.13. The number of non-ortho nitro benzene ring substituents is 1. The Morgan fingerprint density at radius 2 is 1.80 bits per heavy atom. The molecule has 0 N–H and O–H groups in total. The van der Waals surface area contributed by atoms with Gasteiger partial charge in [0.25, 0.3) is 5.69 Å². The molecule has 0 atom stereocenters. The largest absolute Gasteiger partial charge is 0.357 e. The molecule has 1 fully saturated rings. The smallest absolute Gasteiger partial charge is 0.269 e. The molecule has 0 radical (unpaired) electrons. The Bertz CT molecular complexity index is 622. The van der Waals surface area contributed by atoms with E-state index in [1.54, 1.807) is 0 Å². The fourth-order valence-electron chi connectivity index (χ4n) is 1.83. The molecular formula is C11H12N2O4S3. The molecule has 1 aliphatic rings. The van der Waals surface area contributed by atoms with E-state index in [1.807, 2.05) is 4.90 Å². The van der Waals surface area contributed by atoms with Crippen molar-refractivity contribution in [3.8, 4) is 0 Å². The van der Waals surface area contributed by atoms with Crippen molar-refractivity contribution in [3.63, 3.8) is 0 Å². The molecule has 1 aliphatic heterocycles. The maximum absolute atomic E-state index is 12.2. The molecule has 6 nitrogen and oxygen atoms in total. The molecule has 1 aromatic carbocycles. The second-order valence-corrected chi connectivity index (χ2v) is 8.64. The Kier molecular flexibility index (Phi) is 4.61. The summed E-state index contributed by atoms with van der Waals surface area (Å²) in [6.07, 6.45) is 2.02. The average Bonchev–Trinajstić information content (AvgIpc) is 2.92. The van der Waals surface area contributed by atoms with E-state index in [9.17, 15) is 18.5 Å². The third-order valence-electron chi connectivity index (χ3n) is 2.88. The Morgan fingerprint density at radius 3 is 2.30 bits per heavy atom. The first-order chi connectivity index (χ1) is 9.40. The van der Waals surface area contributed by atoms with Crippen LogP contribution in [0, 0.1) is 10.1 Å². The molecule has 0 bridgehead atoms. The van der Waals surface area contributed by atoms with E-state index in [-0.39, 0.29) is 10.6 Å². The van der Waals surface area contributed by atoms with Gasteiger partial charge in [0.15, 0.2) is 4.32 Å². The Hall–Kier alpha value is -1.19. The van der Waals surface area contributed by atoms with Gasteiger partial charge in [0, 0.05) is 36.0 Å². The van der Waals surface area contributed by atoms with Gasteiger partial charge in [-0.1, -0.05) is 12.2 Å². The zero-order valence-electron chi connectivity index (χ0n) is 10.4. The third kappa shape index (κ3) is 3.47. The van der Waals surface area contributed by atoms with Crippen molar-refractivity contribution in [2.45, 2.75) is 17.7 Å². The minimum Gasteiger partial charge on any atom is -0.357 e. The highest BCUT2D eigenvalue weighted by Gasteiger charge is 2.24. The van der Waals surface area contributed by atoms with Crippen LogP contribution in [-0.4, -0.2) is 35.7 Å². The summed E-state index contributed by atoms with van der Waals surface area (Å²) in [7, 11) is -3.00. The molecule has 20 heavy (non-hydrogen) atoms. The maximum atomic E-state index is 12.2. The predicted octanol–water partition coefficient (Wildman–Crippen LogP) is 2.40. The molecule has 2 rings (SSSR count). The second-order valence-electron chi connectivity index (χ2n) is 4.25. The number of nitro groups is 1. The fraction of sp³-hybridized carbons (Fsp3) is 0.364. The second kappa shape index (κ2) is 6.06. The van der Waals surface area contributed by atoms with Crippen LogP contribution in [-0.2, 0) is 8.87 Å². The van der Waals surface area contributed by atoms with Crippen molar-refractivity contribution in [1.29, 1.82) is 0 Å². The predicted molar refractivity (Wildman–Crippen MR) is 81.3 cm³/mol. The summed E-state index contributed by atoms with van der Waals surface area (Å²) < 4.78 is 24.7. The van der Waals surface area contributed by atoms with Gasteiger partial charge in [-0.15, -0.1) is 0 Å². The van der Waals surface area contributed by atoms with E-state index in [0.717, 1.165) is 25.9 Å². The van der Waals surface area contributed by atoms with Gasteiger partial charge < -0.3 is 4.90 Å². The minimum atomic E-state index is -3.63. The molecule has 1 saturated heterocycles. The lowest BCUT2D eigenvalue weighted by atomic mass is 10.3. The van der Waals surface area contributed by atoms with E-state index in [0.29, 0.717) is 15.1 Å². The van der Waals surface area contributed by atoms with Crippen molar-refractivity contribution >= 4 is 41.9 Å². The van der Waals surface area contributed by atoms with Gasteiger partial charge in [-0.2, -0.15) is 0 Å². The van der Waals surface area contributed by atoms with Crippen LogP contribution < -0.4 is 0 Å². The standard InChI is InChI=1S/C11H12N2O4S3/c14-13(15)9-3-5-10(6-4-9)20(16,17)19-11(18)12-7-1-2-8-12/h3-6H,1-2,7-8H2. The van der Waals surface area contributed by atoms with E-state index >= 15 is 0 Å². The van der Waals surface area contributed by atoms with Gasteiger partial charge in [0.05, 0.1) is 9.82 Å². The highest BCUT2D eigenvalue weighted by Crippen LogP contribution is 2.28. The van der Waals surface area contributed by atoms with Crippen molar-refractivity contribution in [3.05, 3.63) is 34.4 Å². The van der Waals surface area contributed by atoms with E-state index in [1.165, 1.54) is 24.3 Å². The summed E-state index contributed by atoms with van der Waals surface area (Å²) in [5.41, 5.74) is -0.143. The van der Waals surface area contributed by atoms with Crippen molar-refractivity contribution < 1.29 is 13.3 Å². The van der Waals surface area contributed by atoms with Crippen LogP contribution in [0.5, 0.6) is 0 Å². The van der Waals surface area contributed by atoms with Gasteiger partial charge in [0.2, 0.25) is 8.87 Å². The van der Waals surface area contributed by atoms with Crippen molar-refractivity contribution in [1.82, 2.24) is 4.90 Å². The Labute approximate surface area is 125 Å². The van der Waals surface area contributed by atoms with E-state index in [4.69, 9.17) is 12.2 Å². The summed E-state index contributed by atoms with van der Waals surface area (Å²) in [6, 6.07) is 4.80. The lowest BCUT2D eigenvalue weighted by Crippen LogP contribution is -2.24. The summed E-state index contributed by atoms with van der Waals surface area (Å²) in [6.45, 7) is 1.56. The normalized spacial score (nSPS) is 15.3. The van der Waals surface area contributed by atoms with Crippen LogP contribution in [0.25, 0.3) is 0 Å². The number of nitrogens with zero attached hydrogens (tertiary/aromatic N) is 2. The van der Waals surface area contributed by atoms with Gasteiger partial charge in [-0.05, 0) is 25.0 Å². The fourth-order valence-corrected chi connectivity index (χ4v) is 5.36. The quantitative estimate of drug-likeness (QED) is 0.364. The summed E-state index contributed by atoms with van der Waals surface area (Å²) >= 11 is 5.13. The number of nitro benzene ring substituents is 1. The molecule has 0 aromatic heterocycles. The number of likely N-dealkylation sites (tertiary alicyclic amines) is 1. The molecule has 0 amide bonds. The van der Waals surface area contributed by atoms with Gasteiger partial charge in [-0.25, -0.2) is 8.42 Å². The monoisotopic (exact) mass is 332 g/mol. The number of hydrogen-bond acceptors (Lipinski definition) is 6. The van der Waals surface area contributed by atoms with Crippen LogP contribution in [0.2, 0.25) is 0 Å². The first kappa shape index (κ1) is 15.2. The van der Waals surface area contributed by atoms with Crippen LogP contribution in [0.15, 0.2) is 29.2 Å². The summed E-state index contributed by atoms with van der Waals surface area (Å²) in [4.78, 5) is 11.9. The lowest BCUT2D eigenvalue weighted by Gasteiger charge is -2.17. The molecular weight excluding hydrogens is 320 g/mol. The van der Waals surface area contributed by atoms with Gasteiger partial charge in [0.1, 0.15) is 0 Å². The summed E-state index contributed by atoms with van der Waals surface area (Å²) in [5, 5.41) is 10.5. The molecule has 0 unspecified atom stereocenters. The molecule has 1 aromatic rings. The van der Waals surface area contributed by atoms with E-state index in [2.05, 4.69) is 0 Å². The van der Waals surface area contributed by atoms with Crippen molar-refractivity contribution in [2.24, 2.45) is 0 Å². The van der Waals surface area contributed by atoms with Gasteiger partial charge >= 0.3 is 0 Å². The zero-order chi connectivity index (χ0) is 14.8. The highest BCUT2D eigenvalue weighted by molar-refractivity contribution is 8.79.